The molecule has 0 aliphatic carbocycles. The van der Waals surface area contributed by atoms with Crippen LogP contribution in [0.15, 0.2) is 42.5 Å². The summed E-state index contributed by atoms with van der Waals surface area (Å²) in [6.07, 6.45) is 0.360. The Morgan fingerprint density at radius 3 is 2.29 bits per heavy atom. The minimum atomic E-state index is -0.361. The van der Waals surface area contributed by atoms with Gasteiger partial charge in [-0.15, -0.1) is 0 Å². The second-order valence-corrected chi connectivity index (χ2v) is 5.59. The summed E-state index contributed by atoms with van der Waals surface area (Å²) >= 11 is 0. The molecule has 2 aromatic carbocycles. The third kappa shape index (κ3) is 4.65. The molecule has 0 spiro atoms. The van der Waals surface area contributed by atoms with Crippen LogP contribution in [0.3, 0.4) is 0 Å². The Hall–Kier alpha value is -2.69. The summed E-state index contributed by atoms with van der Waals surface area (Å²) in [5, 5.41) is 20.2. The highest BCUT2D eigenvalue weighted by Crippen LogP contribution is 2.38. The average Bonchev–Trinajstić information content (AvgIpc) is 2.55. The van der Waals surface area contributed by atoms with Gasteiger partial charge in [-0.1, -0.05) is 37.3 Å². The molecular weight excluding hydrogens is 308 g/mol. The maximum atomic E-state index is 11.7. The van der Waals surface area contributed by atoms with Gasteiger partial charge in [-0.05, 0) is 36.6 Å². The second kappa shape index (κ2) is 8.24. The Labute approximate surface area is 141 Å². The first kappa shape index (κ1) is 17.7. The highest BCUT2D eigenvalue weighted by atomic mass is 16.5. The number of hydrogen-bond donors (Lipinski definition) is 2. The topological polar surface area (TPSA) is 76.0 Å². The minimum Gasteiger partial charge on any atom is -0.504 e. The summed E-state index contributed by atoms with van der Waals surface area (Å²) < 4.78 is 10.5. The lowest BCUT2D eigenvalue weighted by Gasteiger charge is -2.14. The van der Waals surface area contributed by atoms with Crippen LogP contribution in [-0.2, 0) is 22.6 Å². The molecule has 0 heterocycles. The molecule has 0 saturated heterocycles. The van der Waals surface area contributed by atoms with Crippen molar-refractivity contribution in [1.82, 2.24) is 0 Å². The molecule has 0 radical (unpaired) electrons. The van der Waals surface area contributed by atoms with Crippen molar-refractivity contribution in [2.45, 2.75) is 26.9 Å². The third-order valence-corrected chi connectivity index (χ3v) is 3.57. The molecule has 128 valence electrons. The quantitative estimate of drug-likeness (QED) is 0.761. The van der Waals surface area contributed by atoms with E-state index in [9.17, 15) is 15.0 Å². The number of carbonyl (C=O) groups excluding carboxylic acids is 1. The van der Waals surface area contributed by atoms with Crippen LogP contribution in [0.1, 0.15) is 25.0 Å². The summed E-state index contributed by atoms with van der Waals surface area (Å²) in [4.78, 5) is 11.7. The number of esters is 1. The normalized spacial score (nSPS) is 11.8. The van der Waals surface area contributed by atoms with Gasteiger partial charge in [-0.25, -0.2) is 0 Å². The van der Waals surface area contributed by atoms with Crippen LogP contribution in [0, 0.1) is 5.92 Å². The fourth-order valence-corrected chi connectivity index (χ4v) is 2.37. The minimum absolute atomic E-state index is 0.0337. The van der Waals surface area contributed by atoms with Crippen molar-refractivity contribution >= 4 is 5.97 Å². The smallest absolute Gasteiger partial charge is 0.308 e. The van der Waals surface area contributed by atoms with Crippen molar-refractivity contribution in [3.05, 3.63) is 53.6 Å². The molecule has 0 aliphatic heterocycles. The predicted molar refractivity (Wildman–Crippen MR) is 90.0 cm³/mol. The number of aromatic hydroxyl groups is 2. The number of carbonyl (C=O) groups is 1. The maximum absolute atomic E-state index is 11.7. The van der Waals surface area contributed by atoms with Crippen LogP contribution < -0.4 is 4.74 Å². The molecule has 2 aromatic rings. The van der Waals surface area contributed by atoms with Gasteiger partial charge in [-0.2, -0.15) is 0 Å². The van der Waals surface area contributed by atoms with Crippen molar-refractivity contribution in [1.29, 1.82) is 0 Å². The SMILES string of the molecule is CCOC(=O)C(C)Cc1cc(O)c(OCc2ccccc2)c(O)c1. The lowest BCUT2D eigenvalue weighted by atomic mass is 10.0. The molecule has 1 atom stereocenters. The molecule has 5 nitrogen and oxygen atoms in total. The molecule has 0 saturated carbocycles. The molecule has 1 unspecified atom stereocenters. The van der Waals surface area contributed by atoms with E-state index in [1.54, 1.807) is 13.8 Å². The second-order valence-electron chi connectivity index (χ2n) is 5.59. The Morgan fingerprint density at radius 2 is 1.71 bits per heavy atom. The van der Waals surface area contributed by atoms with Crippen LogP contribution in [-0.4, -0.2) is 22.8 Å². The zero-order valence-electron chi connectivity index (χ0n) is 13.9. The number of rotatable bonds is 7. The zero-order valence-corrected chi connectivity index (χ0v) is 13.9. The van der Waals surface area contributed by atoms with Crippen molar-refractivity contribution < 1.29 is 24.5 Å². The molecule has 0 aliphatic rings. The van der Waals surface area contributed by atoms with Gasteiger partial charge in [0, 0.05) is 0 Å². The van der Waals surface area contributed by atoms with Gasteiger partial charge < -0.3 is 19.7 Å². The van der Waals surface area contributed by atoms with E-state index in [0.29, 0.717) is 18.6 Å². The summed E-state index contributed by atoms with van der Waals surface area (Å²) in [5.41, 5.74) is 1.56. The lowest BCUT2D eigenvalue weighted by molar-refractivity contribution is -0.147. The predicted octanol–water partition coefficient (Wildman–Crippen LogP) is 3.42. The van der Waals surface area contributed by atoms with Crippen molar-refractivity contribution in [3.63, 3.8) is 0 Å². The van der Waals surface area contributed by atoms with Crippen LogP contribution in [0.5, 0.6) is 17.2 Å². The van der Waals surface area contributed by atoms with Gasteiger partial charge in [0.25, 0.3) is 0 Å². The largest absolute Gasteiger partial charge is 0.504 e. The van der Waals surface area contributed by atoms with Crippen LogP contribution in [0.25, 0.3) is 0 Å². The lowest BCUT2D eigenvalue weighted by Crippen LogP contribution is -2.16. The first-order valence-electron chi connectivity index (χ1n) is 7.89. The number of hydrogen-bond acceptors (Lipinski definition) is 5. The Balaban J connectivity index is 2.06. The molecule has 24 heavy (non-hydrogen) atoms. The monoisotopic (exact) mass is 330 g/mol. The Morgan fingerprint density at radius 1 is 1.08 bits per heavy atom. The average molecular weight is 330 g/mol. The van der Waals surface area contributed by atoms with Crippen LogP contribution >= 0.6 is 0 Å². The number of phenols is 2. The molecular formula is C19H22O5. The first-order chi connectivity index (χ1) is 11.5. The van der Waals surface area contributed by atoms with E-state index in [0.717, 1.165) is 5.56 Å². The van der Waals surface area contributed by atoms with Crippen LogP contribution in [0.2, 0.25) is 0 Å². The molecule has 0 bridgehead atoms. The van der Waals surface area contributed by atoms with Gasteiger partial charge in [-0.3, -0.25) is 4.79 Å². The van der Waals surface area contributed by atoms with Gasteiger partial charge in [0.2, 0.25) is 5.75 Å². The van der Waals surface area contributed by atoms with E-state index in [2.05, 4.69) is 0 Å². The van der Waals surface area contributed by atoms with E-state index in [-0.39, 0.29) is 35.7 Å². The summed E-state index contributed by atoms with van der Waals surface area (Å²) in [6, 6.07) is 12.5. The van der Waals surface area contributed by atoms with E-state index < -0.39 is 0 Å². The Kier molecular flexibility index (Phi) is 6.07. The van der Waals surface area contributed by atoms with Crippen molar-refractivity contribution in [2.24, 2.45) is 5.92 Å². The molecule has 0 amide bonds. The van der Waals surface area contributed by atoms with E-state index in [1.165, 1.54) is 12.1 Å². The van der Waals surface area contributed by atoms with Crippen molar-refractivity contribution in [2.75, 3.05) is 6.61 Å². The Bertz CT molecular complexity index is 658. The fourth-order valence-electron chi connectivity index (χ4n) is 2.37. The third-order valence-electron chi connectivity index (χ3n) is 3.57. The highest BCUT2D eigenvalue weighted by Gasteiger charge is 2.18. The first-order valence-corrected chi connectivity index (χ1v) is 7.89. The van der Waals surface area contributed by atoms with Gasteiger partial charge in [0.15, 0.2) is 11.5 Å². The molecule has 0 fully saturated rings. The van der Waals surface area contributed by atoms with E-state index in [4.69, 9.17) is 9.47 Å². The maximum Gasteiger partial charge on any atom is 0.308 e. The fraction of sp³-hybridized carbons (Fsp3) is 0.316. The van der Waals surface area contributed by atoms with E-state index >= 15 is 0 Å². The number of ether oxygens (including phenoxy) is 2. The summed E-state index contributed by atoms with van der Waals surface area (Å²) in [7, 11) is 0. The highest BCUT2D eigenvalue weighted by molar-refractivity contribution is 5.72. The van der Waals surface area contributed by atoms with Gasteiger partial charge >= 0.3 is 5.97 Å². The van der Waals surface area contributed by atoms with Gasteiger partial charge in [0.1, 0.15) is 6.61 Å². The van der Waals surface area contributed by atoms with Crippen molar-refractivity contribution in [3.8, 4) is 17.2 Å². The number of phenolic OH excluding ortho intramolecular Hbond substituents is 2. The summed E-state index contributed by atoms with van der Waals surface area (Å²) in [5.74, 6) is -0.943. The zero-order chi connectivity index (χ0) is 17.5. The number of benzene rings is 2. The van der Waals surface area contributed by atoms with Gasteiger partial charge in [0.05, 0.1) is 12.5 Å². The summed E-state index contributed by atoms with van der Waals surface area (Å²) in [6.45, 7) is 4.06. The van der Waals surface area contributed by atoms with E-state index in [1.807, 2.05) is 30.3 Å². The molecule has 2 N–H and O–H groups in total. The molecule has 5 heteroatoms. The standard InChI is InChI=1S/C19H22O5/c1-3-23-19(22)13(2)9-15-10-16(20)18(17(21)11-15)24-12-14-7-5-4-6-8-14/h4-8,10-11,13,20-21H,3,9,12H2,1-2H3. The molecule has 0 aromatic heterocycles. The molecule has 2 rings (SSSR count). The van der Waals surface area contributed by atoms with Crippen LogP contribution in [0.4, 0.5) is 0 Å².